The molecule has 2 rings (SSSR count). The molecule has 0 saturated heterocycles. The molecule has 0 spiro atoms. The third-order valence-corrected chi connectivity index (χ3v) is 3.94. The monoisotopic (exact) mass is 321 g/mol. The first kappa shape index (κ1) is 11.4. The number of hydrogen-bond donors (Lipinski definition) is 0. The Balaban J connectivity index is 2.44. The van der Waals surface area contributed by atoms with Crippen molar-refractivity contribution in [3.63, 3.8) is 0 Å². The molecule has 0 aliphatic rings. The van der Waals surface area contributed by atoms with Gasteiger partial charge in [-0.1, -0.05) is 33.6 Å². The number of halogens is 3. The van der Waals surface area contributed by atoms with Crippen molar-refractivity contribution in [3.05, 3.63) is 38.1 Å². The SMILES string of the molecule is ClCc1nc(-c2ccc(Br)cc2Cl)cs1. The van der Waals surface area contributed by atoms with Crippen LogP contribution in [-0.4, -0.2) is 4.98 Å². The van der Waals surface area contributed by atoms with Crippen LogP contribution in [0.1, 0.15) is 5.01 Å². The molecule has 2 aromatic rings. The maximum Gasteiger partial charge on any atom is 0.108 e. The minimum atomic E-state index is 0.443. The van der Waals surface area contributed by atoms with Gasteiger partial charge in [0.1, 0.15) is 5.01 Å². The van der Waals surface area contributed by atoms with Gasteiger partial charge in [0.2, 0.25) is 0 Å². The molecule has 1 aromatic heterocycles. The number of hydrogen-bond acceptors (Lipinski definition) is 2. The molecule has 0 unspecified atom stereocenters. The van der Waals surface area contributed by atoms with Crippen LogP contribution < -0.4 is 0 Å². The van der Waals surface area contributed by atoms with Crippen molar-refractivity contribution >= 4 is 50.5 Å². The van der Waals surface area contributed by atoms with Gasteiger partial charge in [0.25, 0.3) is 0 Å². The molecule has 0 radical (unpaired) electrons. The molecule has 15 heavy (non-hydrogen) atoms. The van der Waals surface area contributed by atoms with Crippen LogP contribution in [0, 0.1) is 0 Å². The topological polar surface area (TPSA) is 12.9 Å². The largest absolute Gasteiger partial charge is 0.240 e. The Morgan fingerprint density at radius 2 is 2.20 bits per heavy atom. The molecule has 0 fully saturated rings. The van der Waals surface area contributed by atoms with E-state index in [1.807, 2.05) is 23.6 Å². The van der Waals surface area contributed by atoms with Gasteiger partial charge in [-0.15, -0.1) is 22.9 Å². The number of thiazole rings is 1. The molecule has 0 saturated carbocycles. The van der Waals surface area contributed by atoms with Gasteiger partial charge in [0.05, 0.1) is 16.6 Å². The minimum absolute atomic E-state index is 0.443. The summed E-state index contributed by atoms with van der Waals surface area (Å²) in [6.45, 7) is 0. The van der Waals surface area contributed by atoms with E-state index in [9.17, 15) is 0 Å². The number of nitrogens with zero attached hydrogens (tertiary/aromatic N) is 1. The van der Waals surface area contributed by atoms with Crippen LogP contribution in [0.3, 0.4) is 0 Å². The van der Waals surface area contributed by atoms with Crippen molar-refractivity contribution in [2.75, 3.05) is 0 Å². The predicted octanol–water partition coefficient (Wildman–Crippen LogP) is 4.96. The summed E-state index contributed by atoms with van der Waals surface area (Å²) < 4.78 is 0.962. The second-order valence-corrected chi connectivity index (χ2v) is 5.42. The summed E-state index contributed by atoms with van der Waals surface area (Å²) in [5.74, 6) is 0.443. The average Bonchev–Trinajstić information content (AvgIpc) is 2.66. The van der Waals surface area contributed by atoms with E-state index in [-0.39, 0.29) is 0 Å². The summed E-state index contributed by atoms with van der Waals surface area (Å²) >= 11 is 16.7. The zero-order chi connectivity index (χ0) is 10.8. The quantitative estimate of drug-likeness (QED) is 0.712. The summed E-state index contributed by atoms with van der Waals surface area (Å²) in [5, 5.41) is 3.56. The first-order chi connectivity index (χ1) is 7.20. The highest BCUT2D eigenvalue weighted by atomic mass is 79.9. The number of rotatable bonds is 2. The van der Waals surface area contributed by atoms with Crippen molar-refractivity contribution in [1.29, 1.82) is 0 Å². The lowest BCUT2D eigenvalue weighted by Crippen LogP contribution is -1.81. The Hall–Kier alpha value is -0.0900. The van der Waals surface area contributed by atoms with Crippen molar-refractivity contribution in [1.82, 2.24) is 4.98 Å². The zero-order valence-electron chi connectivity index (χ0n) is 7.51. The van der Waals surface area contributed by atoms with E-state index in [0.717, 1.165) is 20.7 Å². The molecule has 0 aliphatic carbocycles. The Labute approximate surface area is 110 Å². The molecule has 5 heteroatoms. The van der Waals surface area contributed by atoms with Crippen molar-refractivity contribution in [2.24, 2.45) is 0 Å². The fourth-order valence-corrected chi connectivity index (χ4v) is 2.85. The van der Waals surface area contributed by atoms with Crippen LogP contribution in [0.4, 0.5) is 0 Å². The molecule has 0 N–H and O–H groups in total. The molecular weight excluding hydrogens is 317 g/mol. The van der Waals surface area contributed by atoms with Gasteiger partial charge in [0, 0.05) is 15.4 Å². The van der Waals surface area contributed by atoms with Crippen LogP contribution in [0.2, 0.25) is 5.02 Å². The van der Waals surface area contributed by atoms with E-state index < -0.39 is 0 Å². The summed E-state index contributed by atoms with van der Waals surface area (Å²) in [7, 11) is 0. The first-order valence-corrected chi connectivity index (χ1v) is 6.75. The highest BCUT2D eigenvalue weighted by Crippen LogP contribution is 2.31. The summed E-state index contributed by atoms with van der Waals surface area (Å²) in [6.07, 6.45) is 0. The summed E-state index contributed by atoms with van der Waals surface area (Å²) in [5.41, 5.74) is 1.82. The molecule has 0 amide bonds. The Kier molecular flexibility index (Phi) is 3.67. The molecule has 1 aromatic carbocycles. The van der Waals surface area contributed by atoms with Gasteiger partial charge in [-0.2, -0.15) is 0 Å². The van der Waals surface area contributed by atoms with Gasteiger partial charge < -0.3 is 0 Å². The minimum Gasteiger partial charge on any atom is -0.240 e. The van der Waals surface area contributed by atoms with Gasteiger partial charge in [-0.3, -0.25) is 0 Å². The number of aromatic nitrogens is 1. The molecule has 1 heterocycles. The fraction of sp³-hybridized carbons (Fsp3) is 0.100. The lowest BCUT2D eigenvalue weighted by atomic mass is 10.2. The van der Waals surface area contributed by atoms with Crippen LogP contribution in [0.15, 0.2) is 28.1 Å². The van der Waals surface area contributed by atoms with Crippen molar-refractivity contribution in [3.8, 4) is 11.3 Å². The molecule has 1 nitrogen and oxygen atoms in total. The van der Waals surface area contributed by atoms with E-state index in [0.29, 0.717) is 10.9 Å². The van der Waals surface area contributed by atoms with Gasteiger partial charge in [0.15, 0.2) is 0 Å². The van der Waals surface area contributed by atoms with E-state index in [4.69, 9.17) is 23.2 Å². The van der Waals surface area contributed by atoms with Gasteiger partial charge in [-0.05, 0) is 12.1 Å². The lowest BCUT2D eigenvalue weighted by Gasteiger charge is -2.00. The number of alkyl halides is 1. The lowest BCUT2D eigenvalue weighted by molar-refractivity contribution is 1.26. The standard InChI is InChI=1S/C10H6BrCl2NS/c11-6-1-2-7(8(13)3-6)9-5-15-10(4-12)14-9/h1-3,5H,4H2. The van der Waals surface area contributed by atoms with Gasteiger partial charge in [-0.25, -0.2) is 4.98 Å². The van der Waals surface area contributed by atoms with E-state index in [1.54, 1.807) is 11.3 Å². The van der Waals surface area contributed by atoms with Crippen LogP contribution in [-0.2, 0) is 5.88 Å². The zero-order valence-corrected chi connectivity index (χ0v) is 11.4. The predicted molar refractivity (Wildman–Crippen MR) is 69.8 cm³/mol. The van der Waals surface area contributed by atoms with Crippen LogP contribution >= 0.6 is 50.5 Å². The van der Waals surface area contributed by atoms with Crippen molar-refractivity contribution in [2.45, 2.75) is 5.88 Å². The number of benzene rings is 1. The molecule has 0 aliphatic heterocycles. The second kappa shape index (κ2) is 4.83. The molecule has 0 bridgehead atoms. The highest BCUT2D eigenvalue weighted by molar-refractivity contribution is 9.10. The van der Waals surface area contributed by atoms with E-state index in [2.05, 4.69) is 20.9 Å². The van der Waals surface area contributed by atoms with Gasteiger partial charge >= 0.3 is 0 Å². The summed E-state index contributed by atoms with van der Waals surface area (Å²) in [4.78, 5) is 4.38. The Bertz CT molecular complexity index is 484. The van der Waals surface area contributed by atoms with Crippen LogP contribution in [0.5, 0.6) is 0 Å². The van der Waals surface area contributed by atoms with E-state index in [1.165, 1.54) is 0 Å². The molecule has 0 atom stereocenters. The summed E-state index contributed by atoms with van der Waals surface area (Å²) in [6, 6.07) is 5.75. The molecular formula is C10H6BrCl2NS. The highest BCUT2D eigenvalue weighted by Gasteiger charge is 2.07. The molecule has 78 valence electrons. The maximum atomic E-state index is 6.12. The smallest absolute Gasteiger partial charge is 0.108 e. The average molecular weight is 323 g/mol. The second-order valence-electron chi connectivity index (χ2n) is 2.88. The van der Waals surface area contributed by atoms with E-state index >= 15 is 0 Å². The Morgan fingerprint density at radius 1 is 1.40 bits per heavy atom. The normalized spacial score (nSPS) is 10.6. The van der Waals surface area contributed by atoms with Crippen molar-refractivity contribution < 1.29 is 0 Å². The first-order valence-electron chi connectivity index (χ1n) is 4.16. The third kappa shape index (κ3) is 2.53. The third-order valence-electron chi connectivity index (χ3n) is 1.87. The maximum absolute atomic E-state index is 6.12. The Morgan fingerprint density at radius 3 is 2.80 bits per heavy atom. The fourth-order valence-electron chi connectivity index (χ4n) is 1.19. The van der Waals surface area contributed by atoms with Crippen LogP contribution in [0.25, 0.3) is 11.3 Å².